The second-order valence-electron chi connectivity index (χ2n) is 3.27. The van der Waals surface area contributed by atoms with E-state index in [1.807, 2.05) is 0 Å². The lowest BCUT2D eigenvalue weighted by molar-refractivity contribution is -0.120. The number of aromatic nitrogens is 2. The van der Waals surface area contributed by atoms with Crippen molar-refractivity contribution in [2.75, 3.05) is 11.4 Å². The molecule has 0 saturated carbocycles. The van der Waals surface area contributed by atoms with Crippen molar-refractivity contribution in [2.24, 2.45) is 0 Å². The first kappa shape index (κ1) is 9.57. The number of hydrogen-bond acceptors (Lipinski definition) is 4. The van der Waals surface area contributed by atoms with Crippen LogP contribution < -0.4 is 10.2 Å². The van der Waals surface area contributed by atoms with Gasteiger partial charge >= 0.3 is 6.03 Å². The van der Waals surface area contributed by atoms with Crippen LogP contribution in [0.25, 0.3) is 0 Å². The van der Waals surface area contributed by atoms with E-state index in [4.69, 9.17) is 0 Å². The summed E-state index contributed by atoms with van der Waals surface area (Å²) in [6.45, 7) is 2.15. The zero-order valence-corrected chi connectivity index (χ0v) is 8.23. The maximum Gasteiger partial charge on any atom is 0.329 e. The van der Waals surface area contributed by atoms with Gasteiger partial charge in [0.25, 0.3) is 0 Å². The van der Waals surface area contributed by atoms with Gasteiger partial charge in [0.05, 0.1) is 11.9 Å². The van der Waals surface area contributed by atoms with Gasteiger partial charge in [-0.15, -0.1) is 0 Å². The molecule has 0 bridgehead atoms. The van der Waals surface area contributed by atoms with E-state index in [9.17, 15) is 9.59 Å². The minimum atomic E-state index is -0.439. The van der Waals surface area contributed by atoms with Crippen LogP contribution in [0.5, 0.6) is 0 Å². The van der Waals surface area contributed by atoms with E-state index >= 15 is 0 Å². The van der Waals surface area contributed by atoms with Crippen LogP contribution in [0.4, 0.5) is 10.6 Å². The highest BCUT2D eigenvalue weighted by Crippen LogP contribution is 2.12. The van der Waals surface area contributed by atoms with Crippen molar-refractivity contribution in [3.05, 3.63) is 18.1 Å². The van der Waals surface area contributed by atoms with Gasteiger partial charge < -0.3 is 0 Å². The Hall–Kier alpha value is -1.98. The van der Waals surface area contributed by atoms with E-state index in [1.165, 1.54) is 11.1 Å². The molecule has 0 aliphatic carbocycles. The van der Waals surface area contributed by atoms with E-state index in [0.717, 1.165) is 5.69 Å². The van der Waals surface area contributed by atoms with Gasteiger partial charge in [0, 0.05) is 19.2 Å². The molecular weight excluding hydrogens is 196 g/mol. The third-order valence-corrected chi connectivity index (χ3v) is 2.07. The van der Waals surface area contributed by atoms with Crippen LogP contribution in [-0.4, -0.2) is 28.5 Å². The molecule has 6 nitrogen and oxygen atoms in total. The summed E-state index contributed by atoms with van der Waals surface area (Å²) in [5.74, 6) is 0.219. The SMILES string of the molecule is Cc1cncc(N2CCC(=O)NC2=O)n1. The molecule has 6 heteroatoms. The standard InChI is InChI=1S/C9H10N4O2/c1-6-4-10-5-7(11-6)13-3-2-8(14)12-9(13)15/h4-5H,2-3H2,1H3,(H,12,14,15). The molecule has 2 rings (SSSR count). The monoisotopic (exact) mass is 206 g/mol. The van der Waals surface area contributed by atoms with Gasteiger partial charge in [-0.1, -0.05) is 0 Å². The third-order valence-electron chi connectivity index (χ3n) is 2.07. The molecule has 1 saturated heterocycles. The molecule has 1 N–H and O–H groups in total. The Bertz CT molecular complexity index is 418. The van der Waals surface area contributed by atoms with Crippen LogP contribution in [0.3, 0.4) is 0 Å². The predicted molar refractivity (Wildman–Crippen MR) is 52.3 cm³/mol. The highest BCUT2D eigenvalue weighted by molar-refractivity contribution is 6.05. The second-order valence-corrected chi connectivity index (χ2v) is 3.27. The van der Waals surface area contributed by atoms with Crippen molar-refractivity contribution in [2.45, 2.75) is 13.3 Å². The number of rotatable bonds is 1. The van der Waals surface area contributed by atoms with E-state index in [0.29, 0.717) is 18.8 Å². The minimum Gasteiger partial charge on any atom is -0.278 e. The number of aryl methyl sites for hydroxylation is 1. The van der Waals surface area contributed by atoms with Crippen LogP contribution in [0.2, 0.25) is 0 Å². The summed E-state index contributed by atoms with van der Waals surface area (Å²) in [4.78, 5) is 31.9. The van der Waals surface area contributed by atoms with Crippen molar-refractivity contribution in [3.8, 4) is 0 Å². The zero-order valence-electron chi connectivity index (χ0n) is 8.23. The first-order valence-electron chi connectivity index (χ1n) is 4.57. The molecule has 1 aliphatic heterocycles. The average molecular weight is 206 g/mol. The summed E-state index contributed by atoms with van der Waals surface area (Å²) in [5, 5.41) is 2.23. The summed E-state index contributed by atoms with van der Waals surface area (Å²) in [6.07, 6.45) is 3.40. The van der Waals surface area contributed by atoms with Crippen LogP contribution in [0, 0.1) is 6.92 Å². The van der Waals surface area contributed by atoms with Crippen LogP contribution in [0.15, 0.2) is 12.4 Å². The summed E-state index contributed by atoms with van der Waals surface area (Å²) >= 11 is 0. The molecule has 3 amide bonds. The molecule has 1 fully saturated rings. The number of carbonyl (C=O) groups is 2. The third kappa shape index (κ3) is 1.93. The van der Waals surface area contributed by atoms with Crippen LogP contribution in [0.1, 0.15) is 12.1 Å². The summed E-state index contributed by atoms with van der Waals surface area (Å²) < 4.78 is 0. The van der Waals surface area contributed by atoms with Gasteiger partial charge in [0.1, 0.15) is 0 Å². The van der Waals surface area contributed by atoms with Gasteiger partial charge in [-0.25, -0.2) is 9.78 Å². The normalized spacial score (nSPS) is 16.5. The molecule has 0 unspecified atom stereocenters. The summed E-state index contributed by atoms with van der Waals surface area (Å²) in [5.41, 5.74) is 0.734. The Balaban J connectivity index is 2.24. The van der Waals surface area contributed by atoms with E-state index < -0.39 is 6.03 Å². The maximum absolute atomic E-state index is 11.4. The fraction of sp³-hybridized carbons (Fsp3) is 0.333. The molecule has 0 spiro atoms. The highest BCUT2D eigenvalue weighted by Gasteiger charge is 2.25. The molecule has 15 heavy (non-hydrogen) atoms. The molecule has 1 aliphatic rings. The van der Waals surface area contributed by atoms with Crippen molar-refractivity contribution in [1.82, 2.24) is 15.3 Å². The van der Waals surface area contributed by atoms with Crippen molar-refractivity contribution in [3.63, 3.8) is 0 Å². The van der Waals surface area contributed by atoms with Gasteiger partial charge in [-0.2, -0.15) is 0 Å². The van der Waals surface area contributed by atoms with Gasteiger partial charge in [-0.05, 0) is 6.92 Å². The average Bonchev–Trinajstić information content (AvgIpc) is 2.17. The molecule has 2 heterocycles. The van der Waals surface area contributed by atoms with Gasteiger partial charge in [0.15, 0.2) is 5.82 Å². The topological polar surface area (TPSA) is 75.2 Å². The second kappa shape index (κ2) is 3.64. The summed E-state index contributed by atoms with van der Waals surface area (Å²) in [7, 11) is 0. The number of carbonyl (C=O) groups excluding carboxylic acids is 2. The number of nitrogens with zero attached hydrogens (tertiary/aromatic N) is 3. The van der Waals surface area contributed by atoms with E-state index in [1.54, 1.807) is 13.1 Å². The molecule has 1 aromatic rings. The molecule has 78 valence electrons. The fourth-order valence-corrected chi connectivity index (χ4v) is 1.36. The molecule has 0 aromatic carbocycles. The molecule has 0 atom stereocenters. The Morgan fingerprint density at radius 1 is 1.40 bits per heavy atom. The fourth-order valence-electron chi connectivity index (χ4n) is 1.36. The molecule has 0 radical (unpaired) electrons. The largest absolute Gasteiger partial charge is 0.329 e. The Morgan fingerprint density at radius 2 is 2.20 bits per heavy atom. The predicted octanol–water partition coefficient (Wildman–Crippen LogP) is 0.231. The van der Waals surface area contributed by atoms with Gasteiger partial charge in [0.2, 0.25) is 5.91 Å². The van der Waals surface area contributed by atoms with Crippen molar-refractivity contribution < 1.29 is 9.59 Å². The Kier molecular flexibility index (Phi) is 2.32. The number of urea groups is 1. The summed E-state index contributed by atoms with van der Waals surface area (Å²) in [6, 6.07) is -0.439. The van der Waals surface area contributed by atoms with E-state index in [-0.39, 0.29) is 5.91 Å². The van der Waals surface area contributed by atoms with Crippen LogP contribution in [-0.2, 0) is 4.79 Å². The molecular formula is C9H10N4O2. The first-order chi connectivity index (χ1) is 7.16. The van der Waals surface area contributed by atoms with E-state index in [2.05, 4.69) is 15.3 Å². The minimum absolute atomic E-state index is 0.253. The van der Waals surface area contributed by atoms with Crippen molar-refractivity contribution in [1.29, 1.82) is 0 Å². The lowest BCUT2D eigenvalue weighted by Gasteiger charge is -2.25. The number of nitrogens with one attached hydrogen (secondary N) is 1. The Morgan fingerprint density at radius 3 is 2.87 bits per heavy atom. The molecule has 1 aromatic heterocycles. The smallest absolute Gasteiger partial charge is 0.278 e. The lowest BCUT2D eigenvalue weighted by Crippen LogP contribution is -2.50. The highest BCUT2D eigenvalue weighted by atomic mass is 16.2. The number of hydrogen-bond donors (Lipinski definition) is 1. The lowest BCUT2D eigenvalue weighted by atomic mass is 10.3. The quantitative estimate of drug-likeness (QED) is 0.713. The Labute approximate surface area is 86.3 Å². The zero-order chi connectivity index (χ0) is 10.8. The number of imide groups is 1. The van der Waals surface area contributed by atoms with Crippen LogP contribution >= 0.6 is 0 Å². The maximum atomic E-state index is 11.4. The van der Waals surface area contributed by atoms with Gasteiger partial charge in [-0.3, -0.25) is 20.0 Å². The first-order valence-corrected chi connectivity index (χ1v) is 4.57. The van der Waals surface area contributed by atoms with Crippen molar-refractivity contribution >= 4 is 17.8 Å². The number of amides is 3. The number of anilines is 1.